The highest BCUT2D eigenvalue weighted by atomic mass is 35.5. The quantitative estimate of drug-likeness (QED) is 0.767. The van der Waals surface area contributed by atoms with Crippen LogP contribution in [0.25, 0.3) is 6.08 Å². The van der Waals surface area contributed by atoms with Crippen molar-refractivity contribution in [3.63, 3.8) is 0 Å². The second-order valence-electron chi connectivity index (χ2n) is 6.47. The Bertz CT molecular complexity index is 984. The first kappa shape index (κ1) is 19.6. The van der Waals surface area contributed by atoms with E-state index in [1.54, 1.807) is 25.1 Å². The number of benzene rings is 1. The first-order valence-corrected chi connectivity index (χ1v) is 10.6. The molecule has 1 saturated heterocycles. The van der Waals surface area contributed by atoms with E-state index in [0.717, 1.165) is 5.56 Å². The molecule has 1 aromatic carbocycles. The van der Waals surface area contributed by atoms with Crippen molar-refractivity contribution in [3.8, 4) is 0 Å². The minimum Gasteiger partial charge on any atom is -0.348 e. The zero-order chi connectivity index (χ0) is 19.6. The summed E-state index contributed by atoms with van der Waals surface area (Å²) in [7, 11) is -3.05. The molecule has 1 atom stereocenters. The summed E-state index contributed by atoms with van der Waals surface area (Å²) in [6, 6.07) is 5.58. The van der Waals surface area contributed by atoms with Gasteiger partial charge in [-0.1, -0.05) is 23.7 Å². The minimum atomic E-state index is -3.05. The average Bonchev–Trinajstić information content (AvgIpc) is 3.11. The fraction of sp³-hybridized carbons (Fsp3) is 0.333. The molecule has 1 amide bonds. The summed E-state index contributed by atoms with van der Waals surface area (Å²) in [5.41, 5.74) is 1.98. The van der Waals surface area contributed by atoms with Gasteiger partial charge < -0.3 is 5.32 Å². The average molecular weight is 412 g/mol. The van der Waals surface area contributed by atoms with Crippen LogP contribution in [0.3, 0.4) is 0 Å². The van der Waals surface area contributed by atoms with Gasteiger partial charge in [0.2, 0.25) is 5.91 Å². The molecule has 144 valence electrons. The summed E-state index contributed by atoms with van der Waals surface area (Å²) in [6.45, 7) is 2.03. The van der Waals surface area contributed by atoms with E-state index in [4.69, 9.17) is 11.6 Å². The molecule has 2 aromatic rings. The predicted octanol–water partition coefficient (Wildman–Crippen LogP) is 2.67. The van der Waals surface area contributed by atoms with Crippen molar-refractivity contribution in [1.29, 1.82) is 0 Å². The number of carbonyl (C=O) groups is 1. The fourth-order valence-electron chi connectivity index (χ4n) is 2.94. The molecule has 3 rings (SSSR count). The van der Waals surface area contributed by atoms with Crippen LogP contribution in [0, 0.1) is 12.7 Å². The van der Waals surface area contributed by atoms with Crippen molar-refractivity contribution in [2.24, 2.45) is 0 Å². The highest BCUT2D eigenvalue weighted by Crippen LogP contribution is 2.30. The molecule has 0 radical (unpaired) electrons. The van der Waals surface area contributed by atoms with E-state index in [9.17, 15) is 17.6 Å². The lowest BCUT2D eigenvalue weighted by Crippen LogP contribution is -2.20. The van der Waals surface area contributed by atoms with E-state index < -0.39 is 9.84 Å². The Balaban J connectivity index is 1.66. The van der Waals surface area contributed by atoms with Crippen molar-refractivity contribution in [1.82, 2.24) is 15.1 Å². The molecule has 27 heavy (non-hydrogen) atoms. The largest absolute Gasteiger partial charge is 0.348 e. The van der Waals surface area contributed by atoms with Gasteiger partial charge in [0.15, 0.2) is 9.84 Å². The van der Waals surface area contributed by atoms with Crippen LogP contribution >= 0.6 is 11.6 Å². The zero-order valence-corrected chi connectivity index (χ0v) is 16.2. The molecule has 1 aliphatic rings. The Kier molecular flexibility index (Phi) is 5.67. The summed E-state index contributed by atoms with van der Waals surface area (Å²) in [6.07, 6.45) is 3.38. The monoisotopic (exact) mass is 411 g/mol. The molecule has 0 bridgehead atoms. The summed E-state index contributed by atoms with van der Waals surface area (Å²) >= 11 is 6.36. The van der Waals surface area contributed by atoms with Crippen molar-refractivity contribution >= 4 is 33.4 Å². The lowest BCUT2D eigenvalue weighted by Gasteiger charge is -2.09. The Morgan fingerprint density at radius 3 is 2.74 bits per heavy atom. The van der Waals surface area contributed by atoms with E-state index in [1.165, 1.54) is 22.9 Å². The lowest BCUT2D eigenvalue weighted by atomic mass is 10.2. The van der Waals surface area contributed by atoms with Gasteiger partial charge in [-0.3, -0.25) is 4.79 Å². The molecule has 1 fully saturated rings. The maximum absolute atomic E-state index is 12.9. The molecule has 2 heterocycles. The minimum absolute atomic E-state index is 0.0230. The van der Waals surface area contributed by atoms with Crippen molar-refractivity contribution in [2.45, 2.75) is 25.9 Å². The molecule has 0 aliphatic carbocycles. The topological polar surface area (TPSA) is 81.1 Å². The molecule has 9 heteroatoms. The first-order valence-electron chi connectivity index (χ1n) is 8.40. The van der Waals surface area contributed by atoms with Gasteiger partial charge in [0, 0.05) is 18.2 Å². The smallest absolute Gasteiger partial charge is 0.244 e. The summed E-state index contributed by atoms with van der Waals surface area (Å²) in [4.78, 5) is 12.0. The third-order valence-electron chi connectivity index (χ3n) is 4.41. The lowest BCUT2D eigenvalue weighted by molar-refractivity contribution is -0.116. The molecular weight excluding hydrogens is 393 g/mol. The predicted molar refractivity (Wildman–Crippen MR) is 102 cm³/mol. The van der Waals surface area contributed by atoms with Gasteiger partial charge in [-0.2, -0.15) is 5.10 Å². The van der Waals surface area contributed by atoms with Crippen LogP contribution in [0.1, 0.15) is 29.3 Å². The summed E-state index contributed by atoms with van der Waals surface area (Å²) in [5, 5.41) is 7.36. The number of nitrogens with one attached hydrogen (secondary N) is 1. The molecule has 0 spiro atoms. The third-order valence-corrected chi connectivity index (χ3v) is 6.53. The highest BCUT2D eigenvalue weighted by Gasteiger charge is 2.31. The molecule has 1 aromatic heterocycles. The second kappa shape index (κ2) is 7.82. The van der Waals surface area contributed by atoms with Crippen LogP contribution in [0.4, 0.5) is 4.39 Å². The van der Waals surface area contributed by atoms with Gasteiger partial charge in [-0.25, -0.2) is 17.5 Å². The Morgan fingerprint density at radius 2 is 2.11 bits per heavy atom. The Hall–Kier alpha value is -2.19. The number of hydrogen-bond acceptors (Lipinski definition) is 4. The molecule has 0 saturated carbocycles. The summed E-state index contributed by atoms with van der Waals surface area (Å²) < 4.78 is 37.7. The van der Waals surface area contributed by atoms with E-state index in [-0.39, 0.29) is 35.8 Å². The third kappa shape index (κ3) is 4.75. The second-order valence-corrected chi connectivity index (χ2v) is 9.06. The van der Waals surface area contributed by atoms with Crippen molar-refractivity contribution < 1.29 is 17.6 Å². The van der Waals surface area contributed by atoms with E-state index in [2.05, 4.69) is 10.4 Å². The van der Waals surface area contributed by atoms with Crippen LogP contribution < -0.4 is 5.32 Å². The van der Waals surface area contributed by atoms with Gasteiger partial charge in [0.1, 0.15) is 11.0 Å². The van der Waals surface area contributed by atoms with Crippen LogP contribution in [-0.2, 0) is 21.2 Å². The zero-order valence-electron chi connectivity index (χ0n) is 14.7. The molecule has 6 nitrogen and oxygen atoms in total. The highest BCUT2D eigenvalue weighted by molar-refractivity contribution is 7.91. The van der Waals surface area contributed by atoms with Gasteiger partial charge in [0.25, 0.3) is 0 Å². The number of nitrogens with zero attached hydrogens (tertiary/aromatic N) is 2. The van der Waals surface area contributed by atoms with Crippen molar-refractivity contribution in [2.75, 3.05) is 11.5 Å². The van der Waals surface area contributed by atoms with Crippen LogP contribution in [0.2, 0.25) is 5.15 Å². The first-order chi connectivity index (χ1) is 12.7. The summed E-state index contributed by atoms with van der Waals surface area (Å²) in [5.74, 6) is -0.507. The van der Waals surface area contributed by atoms with Gasteiger partial charge in [0.05, 0.1) is 23.2 Å². The fourth-order valence-corrected chi connectivity index (χ4v) is 5.01. The SMILES string of the molecule is Cc1nn([C@@H]2CCS(=O)(=O)C2)c(Cl)c1/C=C/C(=O)NCc1ccc(F)cc1. The van der Waals surface area contributed by atoms with Gasteiger partial charge in [-0.15, -0.1) is 0 Å². The van der Waals surface area contributed by atoms with Crippen LogP contribution in [0.15, 0.2) is 30.3 Å². The Morgan fingerprint density at radius 1 is 1.41 bits per heavy atom. The van der Waals surface area contributed by atoms with Crippen LogP contribution in [-0.4, -0.2) is 35.6 Å². The van der Waals surface area contributed by atoms with Crippen LogP contribution in [0.5, 0.6) is 0 Å². The normalized spacial score (nSPS) is 18.9. The molecule has 0 unspecified atom stereocenters. The van der Waals surface area contributed by atoms with Gasteiger partial charge in [-0.05, 0) is 37.1 Å². The standard InChI is InChI=1S/C18H19ClFN3O3S/c1-12-16(18(19)23(22-12)15-8-9-27(25,26)11-15)6-7-17(24)21-10-13-2-4-14(20)5-3-13/h2-7,15H,8-11H2,1H3,(H,21,24)/b7-6+/t15-/m1/s1. The maximum Gasteiger partial charge on any atom is 0.244 e. The number of sulfone groups is 1. The number of hydrogen-bond donors (Lipinski definition) is 1. The maximum atomic E-state index is 12.9. The number of carbonyl (C=O) groups excluding carboxylic acids is 1. The van der Waals surface area contributed by atoms with Crippen molar-refractivity contribution in [3.05, 3.63) is 58.1 Å². The molecule has 1 N–H and O–H groups in total. The Labute approximate surface area is 161 Å². The number of amides is 1. The number of halogens is 2. The van der Waals surface area contributed by atoms with Gasteiger partial charge >= 0.3 is 0 Å². The molecular formula is C18H19ClFN3O3S. The van der Waals surface area contributed by atoms with E-state index in [1.807, 2.05) is 0 Å². The molecule has 1 aliphatic heterocycles. The number of rotatable bonds is 5. The number of aromatic nitrogens is 2. The van der Waals surface area contributed by atoms with E-state index in [0.29, 0.717) is 22.8 Å². The number of aryl methyl sites for hydroxylation is 1. The van der Waals surface area contributed by atoms with E-state index >= 15 is 0 Å².